The zero-order valence-corrected chi connectivity index (χ0v) is 19.0. The fourth-order valence-electron chi connectivity index (χ4n) is 4.87. The molecule has 1 aliphatic carbocycles. The molecule has 0 radical (unpaired) electrons. The van der Waals surface area contributed by atoms with E-state index in [2.05, 4.69) is 117 Å². The third-order valence-corrected chi connectivity index (χ3v) is 7.69. The van der Waals surface area contributed by atoms with E-state index in [4.69, 9.17) is 4.98 Å². The molecule has 0 saturated heterocycles. The molecule has 6 rings (SSSR count). The summed E-state index contributed by atoms with van der Waals surface area (Å²) in [5.41, 5.74) is 10.1. The van der Waals surface area contributed by atoms with Crippen molar-refractivity contribution >= 4 is 11.3 Å². The first kappa shape index (κ1) is 19.2. The number of fused-ring (bicyclic) bond motifs is 3. The van der Waals surface area contributed by atoms with E-state index in [0.717, 1.165) is 16.3 Å². The minimum atomic E-state index is 0.0178. The van der Waals surface area contributed by atoms with Crippen molar-refractivity contribution in [3.63, 3.8) is 0 Å². The van der Waals surface area contributed by atoms with E-state index in [9.17, 15) is 0 Å². The van der Waals surface area contributed by atoms with Crippen molar-refractivity contribution in [1.82, 2.24) is 4.98 Å². The second-order valence-electron chi connectivity index (χ2n) is 8.86. The van der Waals surface area contributed by atoms with Crippen LogP contribution in [-0.4, -0.2) is 4.98 Å². The van der Waals surface area contributed by atoms with E-state index in [-0.39, 0.29) is 5.41 Å². The molecule has 154 valence electrons. The number of hydrogen-bond acceptors (Lipinski definition) is 2. The molecule has 0 amide bonds. The zero-order chi connectivity index (χ0) is 21.7. The highest BCUT2D eigenvalue weighted by Gasteiger charge is 2.35. The van der Waals surface area contributed by atoms with Crippen molar-refractivity contribution < 1.29 is 0 Å². The third-order valence-electron chi connectivity index (χ3n) is 6.54. The maximum absolute atomic E-state index is 5.16. The van der Waals surface area contributed by atoms with Gasteiger partial charge < -0.3 is 0 Å². The minimum absolute atomic E-state index is 0.0178. The predicted octanol–water partition coefficient (Wildman–Crippen LogP) is 8.45. The zero-order valence-electron chi connectivity index (χ0n) is 18.2. The van der Waals surface area contributed by atoms with Gasteiger partial charge in [-0.3, -0.25) is 0 Å². The van der Waals surface area contributed by atoms with Crippen LogP contribution in [0, 0.1) is 0 Å². The molecule has 0 aliphatic heterocycles. The Balaban J connectivity index is 1.57. The van der Waals surface area contributed by atoms with Crippen LogP contribution in [0.3, 0.4) is 0 Å². The number of nitrogens with zero attached hydrogens (tertiary/aromatic N) is 1. The van der Waals surface area contributed by atoms with Crippen molar-refractivity contribution in [2.45, 2.75) is 19.3 Å². The number of aromatic nitrogens is 1. The van der Waals surface area contributed by atoms with E-state index >= 15 is 0 Å². The summed E-state index contributed by atoms with van der Waals surface area (Å²) in [4.78, 5) is 6.38. The van der Waals surface area contributed by atoms with Crippen molar-refractivity contribution in [2.75, 3.05) is 0 Å². The SMILES string of the molecule is CC1(C)c2ccccc2-c2cc(-c3nc(-c4ccccc4)sc3-c3ccccc3)ccc21. The molecule has 5 aromatic rings. The second kappa shape index (κ2) is 7.29. The van der Waals surface area contributed by atoms with Crippen LogP contribution in [0.1, 0.15) is 25.0 Å². The Labute approximate surface area is 193 Å². The molecule has 0 spiro atoms. The predicted molar refractivity (Wildman–Crippen MR) is 136 cm³/mol. The summed E-state index contributed by atoms with van der Waals surface area (Å²) in [6, 6.07) is 36.8. The Morgan fingerprint density at radius 3 is 1.97 bits per heavy atom. The Kier molecular flexibility index (Phi) is 4.38. The minimum Gasteiger partial charge on any atom is -0.235 e. The first-order valence-corrected chi connectivity index (χ1v) is 11.8. The molecular formula is C30H23NS. The average Bonchev–Trinajstić information content (AvgIpc) is 3.39. The normalized spacial score (nSPS) is 13.6. The Bertz CT molecular complexity index is 1430. The maximum Gasteiger partial charge on any atom is 0.124 e. The summed E-state index contributed by atoms with van der Waals surface area (Å²) >= 11 is 1.77. The summed E-state index contributed by atoms with van der Waals surface area (Å²) in [6.07, 6.45) is 0. The van der Waals surface area contributed by atoms with Gasteiger partial charge in [0, 0.05) is 16.5 Å². The molecule has 4 aromatic carbocycles. The van der Waals surface area contributed by atoms with E-state index in [1.807, 2.05) is 0 Å². The van der Waals surface area contributed by atoms with E-state index < -0.39 is 0 Å². The van der Waals surface area contributed by atoms with Crippen LogP contribution in [0.5, 0.6) is 0 Å². The second-order valence-corrected chi connectivity index (χ2v) is 9.86. The molecule has 0 fully saturated rings. The highest BCUT2D eigenvalue weighted by Crippen LogP contribution is 2.50. The molecule has 0 N–H and O–H groups in total. The monoisotopic (exact) mass is 429 g/mol. The van der Waals surface area contributed by atoms with Gasteiger partial charge in [-0.1, -0.05) is 111 Å². The summed E-state index contributed by atoms with van der Waals surface area (Å²) < 4.78 is 0. The summed E-state index contributed by atoms with van der Waals surface area (Å²) in [5.74, 6) is 0. The van der Waals surface area contributed by atoms with Crippen molar-refractivity contribution in [1.29, 1.82) is 0 Å². The molecule has 0 bridgehead atoms. The summed E-state index contributed by atoms with van der Waals surface area (Å²) in [6.45, 7) is 4.65. The van der Waals surface area contributed by atoms with Gasteiger partial charge in [-0.05, 0) is 33.9 Å². The van der Waals surface area contributed by atoms with Gasteiger partial charge >= 0.3 is 0 Å². The number of thiazole rings is 1. The first-order valence-electron chi connectivity index (χ1n) is 11.0. The molecule has 32 heavy (non-hydrogen) atoms. The van der Waals surface area contributed by atoms with Crippen LogP contribution in [0.25, 0.3) is 43.4 Å². The van der Waals surface area contributed by atoms with Crippen LogP contribution in [0.15, 0.2) is 103 Å². The smallest absolute Gasteiger partial charge is 0.124 e. The lowest BCUT2D eigenvalue weighted by molar-refractivity contribution is 0.660. The van der Waals surface area contributed by atoms with Crippen LogP contribution >= 0.6 is 11.3 Å². The van der Waals surface area contributed by atoms with Gasteiger partial charge in [0.25, 0.3) is 0 Å². The molecule has 1 aromatic heterocycles. The van der Waals surface area contributed by atoms with E-state index in [1.54, 1.807) is 11.3 Å². The highest BCUT2D eigenvalue weighted by molar-refractivity contribution is 7.19. The lowest BCUT2D eigenvalue weighted by atomic mass is 9.82. The fourth-order valence-corrected chi connectivity index (χ4v) is 5.97. The Morgan fingerprint density at radius 1 is 0.594 bits per heavy atom. The van der Waals surface area contributed by atoms with Gasteiger partial charge in [0.15, 0.2) is 0 Å². The van der Waals surface area contributed by atoms with Gasteiger partial charge in [-0.25, -0.2) is 4.98 Å². The van der Waals surface area contributed by atoms with Gasteiger partial charge in [-0.2, -0.15) is 0 Å². The summed E-state index contributed by atoms with van der Waals surface area (Å²) in [5, 5.41) is 1.06. The molecule has 1 nitrogen and oxygen atoms in total. The molecule has 0 saturated carbocycles. The quantitative estimate of drug-likeness (QED) is 0.280. The molecule has 1 aliphatic rings. The van der Waals surface area contributed by atoms with E-state index in [1.165, 1.54) is 38.3 Å². The van der Waals surface area contributed by atoms with Crippen molar-refractivity contribution in [3.8, 4) is 43.4 Å². The number of benzene rings is 4. The molecule has 0 atom stereocenters. The Hall–Kier alpha value is -3.49. The van der Waals surface area contributed by atoms with Gasteiger partial charge in [-0.15, -0.1) is 11.3 Å². The van der Waals surface area contributed by atoms with Crippen molar-refractivity contribution in [2.24, 2.45) is 0 Å². The van der Waals surface area contributed by atoms with Crippen LogP contribution < -0.4 is 0 Å². The standard InChI is InChI=1S/C30H23NS/c1-30(2)25-16-10-9-15-23(25)24-19-22(17-18-26(24)30)27-28(20-11-5-3-6-12-20)32-29(31-27)21-13-7-4-8-14-21/h3-19H,1-2H3. The maximum atomic E-state index is 5.16. The highest BCUT2D eigenvalue weighted by atomic mass is 32.1. The van der Waals surface area contributed by atoms with Gasteiger partial charge in [0.1, 0.15) is 5.01 Å². The lowest BCUT2D eigenvalue weighted by Crippen LogP contribution is -2.14. The average molecular weight is 430 g/mol. The fraction of sp³-hybridized carbons (Fsp3) is 0.100. The first-order chi connectivity index (χ1) is 15.6. The molecular weight excluding hydrogens is 406 g/mol. The summed E-state index contributed by atoms with van der Waals surface area (Å²) in [7, 11) is 0. The molecule has 2 heteroatoms. The molecule has 0 unspecified atom stereocenters. The van der Waals surface area contributed by atoms with Crippen molar-refractivity contribution in [3.05, 3.63) is 114 Å². The Morgan fingerprint density at radius 2 is 1.22 bits per heavy atom. The topological polar surface area (TPSA) is 12.9 Å². The third kappa shape index (κ3) is 2.95. The number of rotatable bonds is 3. The number of hydrogen-bond donors (Lipinski definition) is 0. The lowest BCUT2D eigenvalue weighted by Gasteiger charge is -2.21. The largest absolute Gasteiger partial charge is 0.235 e. The molecule has 1 heterocycles. The van der Waals surface area contributed by atoms with Gasteiger partial charge in [0.05, 0.1) is 10.6 Å². The van der Waals surface area contributed by atoms with E-state index in [0.29, 0.717) is 0 Å². The van der Waals surface area contributed by atoms with Crippen LogP contribution in [-0.2, 0) is 5.41 Å². The van der Waals surface area contributed by atoms with Crippen LogP contribution in [0.4, 0.5) is 0 Å². The van der Waals surface area contributed by atoms with Gasteiger partial charge in [0.2, 0.25) is 0 Å². The van der Waals surface area contributed by atoms with Crippen LogP contribution in [0.2, 0.25) is 0 Å².